The van der Waals surface area contributed by atoms with E-state index in [9.17, 15) is 27.6 Å². The summed E-state index contributed by atoms with van der Waals surface area (Å²) in [6.45, 7) is 0. The van der Waals surface area contributed by atoms with Crippen molar-refractivity contribution in [3.05, 3.63) is 46.5 Å². The van der Waals surface area contributed by atoms with Gasteiger partial charge in [0.1, 0.15) is 5.69 Å². The Kier molecular flexibility index (Phi) is 6.77. The molecule has 1 saturated carbocycles. The lowest BCUT2D eigenvalue weighted by molar-refractivity contribution is -0.137. The van der Waals surface area contributed by atoms with E-state index in [0.29, 0.717) is 25.7 Å². The van der Waals surface area contributed by atoms with Gasteiger partial charge in [-0.3, -0.25) is 14.4 Å². The summed E-state index contributed by atoms with van der Waals surface area (Å²) in [5.41, 5.74) is 4.08. The molecule has 1 aromatic heterocycles. The van der Waals surface area contributed by atoms with Gasteiger partial charge in [-0.25, -0.2) is 4.98 Å². The Morgan fingerprint density at radius 1 is 1.22 bits per heavy atom. The van der Waals surface area contributed by atoms with Crippen molar-refractivity contribution < 1.29 is 27.6 Å². The Labute approximate surface area is 186 Å². The smallest absolute Gasteiger partial charge is 0.364 e. The summed E-state index contributed by atoms with van der Waals surface area (Å²) < 4.78 is 38.8. The van der Waals surface area contributed by atoms with Crippen LogP contribution in [0.1, 0.15) is 52.2 Å². The van der Waals surface area contributed by atoms with Crippen LogP contribution in [0.4, 0.5) is 18.9 Å². The zero-order chi connectivity index (χ0) is 23.6. The van der Waals surface area contributed by atoms with Crippen molar-refractivity contribution in [2.24, 2.45) is 11.7 Å². The average Bonchev–Trinajstić information content (AvgIpc) is 3.24. The molecule has 172 valence electrons. The van der Waals surface area contributed by atoms with Crippen LogP contribution < -0.4 is 11.1 Å². The number of nitrogens with one attached hydrogen (secondary N) is 2. The van der Waals surface area contributed by atoms with Crippen LogP contribution in [-0.4, -0.2) is 45.7 Å². The van der Waals surface area contributed by atoms with Crippen molar-refractivity contribution in [2.45, 2.75) is 37.9 Å². The van der Waals surface area contributed by atoms with E-state index >= 15 is 0 Å². The van der Waals surface area contributed by atoms with Crippen LogP contribution in [0, 0.1) is 5.92 Å². The molecule has 0 aliphatic heterocycles. The average molecular weight is 472 g/mol. The highest BCUT2D eigenvalue weighted by Gasteiger charge is 2.34. The van der Waals surface area contributed by atoms with Gasteiger partial charge < -0.3 is 20.9 Å². The number of aromatic nitrogens is 2. The topological polar surface area (TPSA) is 121 Å². The maximum atomic E-state index is 12.9. The summed E-state index contributed by atoms with van der Waals surface area (Å²) in [6, 6.07) is 2.55. The summed E-state index contributed by atoms with van der Waals surface area (Å²) in [7, 11) is 1.58. The van der Waals surface area contributed by atoms with Crippen LogP contribution in [-0.2, 0) is 11.0 Å². The molecule has 3 rings (SSSR count). The number of alkyl halides is 3. The number of carbonyl (C=O) groups excluding carboxylic acids is 3. The molecule has 2 aromatic rings. The minimum Gasteiger partial charge on any atom is -0.364 e. The van der Waals surface area contributed by atoms with Crippen molar-refractivity contribution in [1.82, 2.24) is 14.9 Å². The number of imidazole rings is 1. The number of nitrogens with two attached hydrogens (primary N) is 1. The van der Waals surface area contributed by atoms with E-state index in [4.69, 9.17) is 17.3 Å². The van der Waals surface area contributed by atoms with Gasteiger partial charge in [0.2, 0.25) is 5.91 Å². The number of benzene rings is 1. The normalized spacial score (nSPS) is 18.8. The Morgan fingerprint density at radius 3 is 2.47 bits per heavy atom. The van der Waals surface area contributed by atoms with E-state index in [1.165, 1.54) is 11.2 Å². The van der Waals surface area contributed by atoms with E-state index in [2.05, 4.69) is 15.3 Å². The molecular formula is C20H21ClF3N5O3. The third-order valence-corrected chi connectivity index (χ3v) is 5.91. The zero-order valence-corrected chi connectivity index (χ0v) is 17.8. The van der Waals surface area contributed by atoms with Crippen LogP contribution in [0.3, 0.4) is 0 Å². The first-order chi connectivity index (χ1) is 15.0. The van der Waals surface area contributed by atoms with Gasteiger partial charge in [-0.1, -0.05) is 11.6 Å². The summed E-state index contributed by atoms with van der Waals surface area (Å²) in [4.78, 5) is 44.6. The van der Waals surface area contributed by atoms with Crippen LogP contribution in [0.2, 0.25) is 5.02 Å². The second-order valence-electron chi connectivity index (χ2n) is 7.59. The third-order valence-electron chi connectivity index (χ3n) is 5.58. The molecule has 32 heavy (non-hydrogen) atoms. The van der Waals surface area contributed by atoms with Crippen molar-refractivity contribution in [1.29, 1.82) is 0 Å². The Hall–Kier alpha value is -3.08. The largest absolute Gasteiger partial charge is 0.416 e. The number of carbonyl (C=O) groups is 3. The summed E-state index contributed by atoms with van der Waals surface area (Å²) in [6.07, 6.45) is -1.51. The second kappa shape index (κ2) is 9.19. The number of hydrogen-bond acceptors (Lipinski definition) is 4. The van der Waals surface area contributed by atoms with Gasteiger partial charge in [0, 0.05) is 19.0 Å². The van der Waals surface area contributed by atoms with Crippen molar-refractivity contribution in [3.63, 3.8) is 0 Å². The molecule has 0 saturated heterocycles. The third kappa shape index (κ3) is 5.04. The molecule has 1 fully saturated rings. The minimum atomic E-state index is -4.55. The first-order valence-electron chi connectivity index (χ1n) is 9.77. The van der Waals surface area contributed by atoms with Crippen LogP contribution in [0.25, 0.3) is 0 Å². The number of nitrogens with zero attached hydrogens (tertiary/aromatic N) is 2. The fourth-order valence-electron chi connectivity index (χ4n) is 3.73. The molecule has 0 spiro atoms. The van der Waals surface area contributed by atoms with E-state index in [0.717, 1.165) is 18.2 Å². The zero-order valence-electron chi connectivity index (χ0n) is 17.0. The highest BCUT2D eigenvalue weighted by Crippen LogP contribution is 2.35. The quantitative estimate of drug-likeness (QED) is 0.618. The van der Waals surface area contributed by atoms with Crippen LogP contribution >= 0.6 is 11.6 Å². The lowest BCUT2D eigenvalue weighted by atomic mass is 9.84. The van der Waals surface area contributed by atoms with E-state index in [1.807, 2.05) is 0 Å². The number of rotatable bonds is 5. The summed E-state index contributed by atoms with van der Waals surface area (Å²) >= 11 is 5.95. The highest BCUT2D eigenvalue weighted by molar-refractivity contribution is 6.33. The molecule has 0 radical (unpaired) electrons. The molecule has 1 aliphatic carbocycles. The number of amides is 3. The van der Waals surface area contributed by atoms with Gasteiger partial charge in [-0.2, -0.15) is 13.2 Å². The van der Waals surface area contributed by atoms with Gasteiger partial charge >= 0.3 is 6.18 Å². The number of primary amides is 1. The van der Waals surface area contributed by atoms with Gasteiger partial charge in [0.05, 0.1) is 22.6 Å². The number of halogens is 4. The predicted molar refractivity (Wildman–Crippen MR) is 110 cm³/mol. The van der Waals surface area contributed by atoms with E-state index in [1.54, 1.807) is 7.05 Å². The maximum Gasteiger partial charge on any atom is 0.416 e. The molecular weight excluding hydrogens is 451 g/mol. The molecule has 3 amide bonds. The molecule has 4 N–H and O–H groups in total. The fourth-order valence-corrected chi connectivity index (χ4v) is 3.90. The summed E-state index contributed by atoms with van der Waals surface area (Å²) in [5.74, 6) is -2.13. The number of H-pyrrole nitrogens is 1. The van der Waals surface area contributed by atoms with Gasteiger partial charge in [-0.05, 0) is 43.9 Å². The predicted octanol–water partition coefficient (Wildman–Crippen LogP) is 3.45. The van der Waals surface area contributed by atoms with Crippen LogP contribution in [0.15, 0.2) is 24.5 Å². The van der Waals surface area contributed by atoms with E-state index in [-0.39, 0.29) is 28.1 Å². The highest BCUT2D eigenvalue weighted by atomic mass is 35.5. The Bertz CT molecular complexity index is 1030. The Morgan fingerprint density at radius 2 is 1.88 bits per heavy atom. The van der Waals surface area contributed by atoms with Gasteiger partial charge in [0.25, 0.3) is 11.8 Å². The molecule has 1 heterocycles. The standard InChI is InChI=1S/C20H21ClF3N5O3/c1-29(19(32)16-15(17(25)30)26-9-27-16)12-5-2-10(3-6-12)18(31)28-14-8-11(20(22,23)24)4-7-13(14)21/h4,7-10,12H,2-3,5-6H2,1H3,(H2,25,30)(H,26,27)(H,28,31)/t10-,12-. The molecule has 12 heteroatoms. The first kappa shape index (κ1) is 23.6. The number of hydrogen-bond donors (Lipinski definition) is 3. The van der Waals surface area contributed by atoms with Crippen LogP contribution in [0.5, 0.6) is 0 Å². The minimum absolute atomic E-state index is 0.00891. The SMILES string of the molecule is CN(C(=O)c1nc[nH]c1C(N)=O)[C@H]1CC[C@H](C(=O)Nc2cc(C(F)(F)F)ccc2Cl)CC1. The first-order valence-corrected chi connectivity index (χ1v) is 10.1. The molecule has 0 unspecified atom stereocenters. The second-order valence-corrected chi connectivity index (χ2v) is 8.00. The Balaban J connectivity index is 1.61. The maximum absolute atomic E-state index is 12.9. The monoisotopic (exact) mass is 471 g/mol. The molecule has 0 bridgehead atoms. The van der Waals surface area contributed by atoms with Crippen molar-refractivity contribution >= 4 is 35.0 Å². The number of aromatic amines is 1. The van der Waals surface area contributed by atoms with Crippen molar-refractivity contribution in [3.8, 4) is 0 Å². The number of anilines is 1. The van der Waals surface area contributed by atoms with E-state index < -0.39 is 35.4 Å². The van der Waals surface area contributed by atoms with Gasteiger partial charge in [0.15, 0.2) is 5.69 Å². The lowest BCUT2D eigenvalue weighted by Crippen LogP contribution is -2.41. The van der Waals surface area contributed by atoms with Gasteiger partial charge in [-0.15, -0.1) is 0 Å². The lowest BCUT2D eigenvalue weighted by Gasteiger charge is -2.34. The van der Waals surface area contributed by atoms with Crippen molar-refractivity contribution in [2.75, 3.05) is 12.4 Å². The summed E-state index contributed by atoms with van der Waals surface area (Å²) in [5, 5.41) is 2.49. The molecule has 8 nitrogen and oxygen atoms in total. The molecule has 1 aromatic carbocycles. The molecule has 0 atom stereocenters. The molecule has 1 aliphatic rings. The fraction of sp³-hybridized carbons (Fsp3) is 0.400.